The van der Waals surface area contributed by atoms with Crippen molar-refractivity contribution in [1.29, 1.82) is 0 Å². The first-order valence-corrected chi connectivity index (χ1v) is 7.85. The van der Waals surface area contributed by atoms with Gasteiger partial charge in [-0.25, -0.2) is 0 Å². The van der Waals surface area contributed by atoms with Gasteiger partial charge in [0.25, 0.3) is 5.91 Å². The summed E-state index contributed by atoms with van der Waals surface area (Å²) in [5.41, 5.74) is 0.511. The van der Waals surface area contributed by atoms with Gasteiger partial charge in [-0.05, 0) is 12.3 Å². The number of hydrogen-bond acceptors (Lipinski definition) is 4. The van der Waals surface area contributed by atoms with E-state index in [1.807, 2.05) is 0 Å². The number of carbonyl (C=O) groups excluding carboxylic acids is 1. The minimum absolute atomic E-state index is 0.136. The lowest BCUT2D eigenvalue weighted by molar-refractivity contribution is -0.605. The Bertz CT molecular complexity index is 470. The van der Waals surface area contributed by atoms with Crippen molar-refractivity contribution in [3.05, 3.63) is 35.3 Å². The predicted molar refractivity (Wildman–Crippen MR) is 83.4 cm³/mol. The lowest BCUT2D eigenvalue weighted by atomic mass is 10.0. The Hall–Kier alpha value is -1.66. The largest absolute Gasteiger partial charge is 0.619 e. The summed E-state index contributed by atoms with van der Waals surface area (Å²) < 4.78 is 6.07. The van der Waals surface area contributed by atoms with E-state index in [4.69, 9.17) is 4.74 Å². The average Bonchev–Trinajstić information content (AvgIpc) is 2.52. The third-order valence-electron chi connectivity index (χ3n) is 3.87. The van der Waals surface area contributed by atoms with Crippen LogP contribution in [-0.2, 0) is 4.74 Å². The van der Waals surface area contributed by atoms with E-state index in [-0.39, 0.29) is 5.91 Å². The molecule has 22 heavy (non-hydrogen) atoms. The van der Waals surface area contributed by atoms with Gasteiger partial charge in [0.1, 0.15) is 0 Å². The van der Waals surface area contributed by atoms with Gasteiger partial charge in [-0.1, -0.05) is 13.8 Å². The van der Waals surface area contributed by atoms with E-state index in [2.05, 4.69) is 24.1 Å². The van der Waals surface area contributed by atoms with Crippen molar-refractivity contribution in [2.45, 2.75) is 26.3 Å². The molecule has 0 aromatic carbocycles. The van der Waals surface area contributed by atoms with Crippen LogP contribution in [0.25, 0.3) is 0 Å². The van der Waals surface area contributed by atoms with Crippen LogP contribution in [0.1, 0.15) is 30.6 Å². The van der Waals surface area contributed by atoms with Gasteiger partial charge in [-0.3, -0.25) is 9.69 Å². The number of amides is 1. The Morgan fingerprint density at radius 1 is 1.36 bits per heavy atom. The molecule has 1 atom stereocenters. The van der Waals surface area contributed by atoms with Gasteiger partial charge < -0.3 is 15.3 Å². The Balaban J connectivity index is 1.91. The number of hydrogen-bond donors (Lipinski definition) is 1. The number of ether oxygens (including phenoxy) is 1. The fraction of sp³-hybridized carbons (Fsp3) is 0.625. The zero-order valence-corrected chi connectivity index (χ0v) is 13.3. The van der Waals surface area contributed by atoms with Gasteiger partial charge in [-0.2, -0.15) is 4.73 Å². The highest BCUT2D eigenvalue weighted by molar-refractivity contribution is 5.93. The second kappa shape index (κ2) is 8.10. The first-order valence-electron chi connectivity index (χ1n) is 7.85. The maximum atomic E-state index is 12.2. The minimum Gasteiger partial charge on any atom is -0.619 e. The van der Waals surface area contributed by atoms with E-state index in [0.717, 1.165) is 32.7 Å². The Morgan fingerprint density at radius 3 is 2.59 bits per heavy atom. The fourth-order valence-corrected chi connectivity index (χ4v) is 2.72. The van der Waals surface area contributed by atoms with Crippen LogP contribution in [0, 0.1) is 11.1 Å². The molecule has 1 aromatic rings. The maximum absolute atomic E-state index is 12.2. The molecule has 0 spiro atoms. The number of pyridine rings is 1. The average molecular weight is 307 g/mol. The summed E-state index contributed by atoms with van der Waals surface area (Å²) in [5, 5.41) is 14.0. The minimum atomic E-state index is -0.136. The molecule has 1 amide bonds. The van der Waals surface area contributed by atoms with Gasteiger partial charge in [0.15, 0.2) is 12.4 Å². The molecule has 0 aliphatic carbocycles. The van der Waals surface area contributed by atoms with Crippen molar-refractivity contribution >= 4 is 5.91 Å². The molecule has 1 fully saturated rings. The first-order chi connectivity index (χ1) is 10.6. The van der Waals surface area contributed by atoms with Gasteiger partial charge in [0.2, 0.25) is 0 Å². The molecule has 0 radical (unpaired) electrons. The zero-order chi connectivity index (χ0) is 15.9. The van der Waals surface area contributed by atoms with Gasteiger partial charge in [0, 0.05) is 37.8 Å². The lowest BCUT2D eigenvalue weighted by Crippen LogP contribution is -2.49. The van der Waals surface area contributed by atoms with Crippen LogP contribution in [0.2, 0.25) is 0 Å². The van der Waals surface area contributed by atoms with E-state index in [0.29, 0.717) is 28.8 Å². The summed E-state index contributed by atoms with van der Waals surface area (Å²) in [6, 6.07) is 3.39. The van der Waals surface area contributed by atoms with Crippen LogP contribution < -0.4 is 10.0 Å². The normalized spacial score (nSPS) is 17.4. The van der Waals surface area contributed by atoms with E-state index in [9.17, 15) is 10.0 Å². The summed E-state index contributed by atoms with van der Waals surface area (Å²) in [6.45, 7) is 8.33. The number of morpholine rings is 1. The molecule has 1 unspecified atom stereocenters. The molecule has 0 saturated carbocycles. The maximum Gasteiger partial charge on any atom is 0.251 e. The van der Waals surface area contributed by atoms with Crippen LogP contribution in [0.15, 0.2) is 24.5 Å². The van der Waals surface area contributed by atoms with E-state index in [1.54, 1.807) is 0 Å². The monoisotopic (exact) mass is 307 g/mol. The third-order valence-corrected chi connectivity index (χ3v) is 3.87. The van der Waals surface area contributed by atoms with Crippen molar-refractivity contribution < 1.29 is 14.3 Å². The molecule has 1 aliphatic heterocycles. The summed E-state index contributed by atoms with van der Waals surface area (Å²) in [6.07, 6.45) is 3.71. The molecule has 1 aliphatic rings. The topological polar surface area (TPSA) is 68.5 Å². The van der Waals surface area contributed by atoms with Crippen LogP contribution >= 0.6 is 0 Å². The Morgan fingerprint density at radius 2 is 2.00 bits per heavy atom. The second-order valence-electron chi connectivity index (χ2n) is 6.09. The predicted octanol–water partition coefficient (Wildman–Crippen LogP) is 0.797. The van der Waals surface area contributed by atoms with Crippen LogP contribution in [0.5, 0.6) is 0 Å². The number of rotatable bonds is 6. The van der Waals surface area contributed by atoms with Crippen molar-refractivity contribution in [3.8, 4) is 0 Å². The first kappa shape index (κ1) is 16.7. The smallest absolute Gasteiger partial charge is 0.251 e. The molecule has 1 aromatic heterocycles. The number of carbonyl (C=O) groups is 1. The number of aromatic nitrogens is 1. The summed E-state index contributed by atoms with van der Waals surface area (Å²) in [5.74, 6) is 0.434. The van der Waals surface area contributed by atoms with Gasteiger partial charge >= 0.3 is 0 Å². The summed E-state index contributed by atoms with van der Waals surface area (Å²) >= 11 is 0. The Labute approximate surface area is 131 Å². The van der Waals surface area contributed by atoms with Gasteiger partial charge in [0.05, 0.1) is 18.8 Å². The summed E-state index contributed by atoms with van der Waals surface area (Å²) in [7, 11) is 0. The summed E-state index contributed by atoms with van der Waals surface area (Å²) in [4.78, 5) is 14.6. The van der Waals surface area contributed by atoms with Crippen LogP contribution in [-0.4, -0.2) is 49.7 Å². The van der Waals surface area contributed by atoms with Crippen molar-refractivity contribution in [2.24, 2.45) is 5.92 Å². The van der Waals surface area contributed by atoms with Crippen molar-refractivity contribution in [2.75, 3.05) is 32.8 Å². The second-order valence-corrected chi connectivity index (χ2v) is 6.09. The van der Waals surface area contributed by atoms with Gasteiger partial charge in [-0.15, -0.1) is 0 Å². The Kier molecular flexibility index (Phi) is 6.15. The van der Waals surface area contributed by atoms with E-state index < -0.39 is 0 Å². The molecule has 0 bridgehead atoms. The quantitative estimate of drug-likeness (QED) is 0.623. The van der Waals surface area contributed by atoms with Crippen LogP contribution in [0.3, 0.4) is 0 Å². The zero-order valence-electron chi connectivity index (χ0n) is 13.3. The highest BCUT2D eigenvalue weighted by Gasteiger charge is 2.22. The number of nitrogens with one attached hydrogen (secondary N) is 1. The van der Waals surface area contributed by atoms with E-state index >= 15 is 0 Å². The molecule has 6 heteroatoms. The molecule has 1 N–H and O–H groups in total. The molecule has 1 saturated heterocycles. The molecule has 2 heterocycles. The standard InChI is InChI=1S/C16H25N3O3/c1-13(2)11-15(18-7-9-22-10-8-18)12-17-16(20)14-3-5-19(21)6-4-14/h3-6,13,15H,7-12H2,1-2H3,(H,17,20). The van der Waals surface area contributed by atoms with E-state index in [1.165, 1.54) is 24.5 Å². The van der Waals surface area contributed by atoms with Crippen molar-refractivity contribution in [1.82, 2.24) is 10.2 Å². The fourth-order valence-electron chi connectivity index (χ4n) is 2.72. The molecule has 122 valence electrons. The van der Waals surface area contributed by atoms with Crippen LogP contribution in [0.4, 0.5) is 0 Å². The number of nitrogens with zero attached hydrogens (tertiary/aromatic N) is 2. The highest BCUT2D eigenvalue weighted by atomic mass is 16.5. The third kappa shape index (κ3) is 4.96. The molecular formula is C16H25N3O3. The molecule has 6 nitrogen and oxygen atoms in total. The highest BCUT2D eigenvalue weighted by Crippen LogP contribution is 2.13. The van der Waals surface area contributed by atoms with Crippen molar-refractivity contribution in [3.63, 3.8) is 0 Å². The molecular weight excluding hydrogens is 282 g/mol. The lowest BCUT2D eigenvalue weighted by Gasteiger charge is -2.35. The molecule has 2 rings (SSSR count). The SMILES string of the molecule is CC(C)CC(CNC(=O)c1cc[n+]([O-])cc1)N1CCOCC1.